The standard InChI is InChI=1S/C15H22N2O4S.C2HF3O2/c1-2-10-22(18,19)17-8-9-20-15-13(17)5-6-14(15)21-12-4-3-7-16-11-12;3-2(4,5)1(6)7/h3-4,7,11,13-15H,2,5-6,8-10H2,1H3;(H,6,7)/t13-,14-,15+;/m0./s1. The van der Waals surface area contributed by atoms with Crippen molar-refractivity contribution in [2.75, 3.05) is 18.9 Å². The maximum Gasteiger partial charge on any atom is 0.490 e. The molecular formula is C17H23F3N2O6S. The van der Waals surface area contributed by atoms with Gasteiger partial charge in [0, 0.05) is 12.7 Å². The molecule has 12 heteroatoms. The van der Waals surface area contributed by atoms with Crippen LogP contribution in [-0.2, 0) is 19.6 Å². The van der Waals surface area contributed by atoms with Crippen LogP contribution in [0, 0.1) is 0 Å². The van der Waals surface area contributed by atoms with Crippen LogP contribution in [-0.4, -0.2) is 72.1 Å². The number of morpholine rings is 1. The second-order valence-electron chi connectivity index (χ2n) is 6.55. The number of ether oxygens (including phenoxy) is 2. The number of alkyl halides is 3. The van der Waals surface area contributed by atoms with Gasteiger partial charge in [-0.1, -0.05) is 6.92 Å². The number of carboxylic acid groups (broad SMARTS) is 1. The van der Waals surface area contributed by atoms with Crippen LogP contribution in [0.25, 0.3) is 0 Å². The molecule has 3 atom stereocenters. The molecule has 0 amide bonds. The summed E-state index contributed by atoms with van der Waals surface area (Å²) in [4.78, 5) is 12.9. The van der Waals surface area contributed by atoms with Crippen LogP contribution in [0.2, 0.25) is 0 Å². The van der Waals surface area contributed by atoms with Gasteiger partial charge in [-0.2, -0.15) is 17.5 Å². The van der Waals surface area contributed by atoms with E-state index in [-0.39, 0.29) is 24.0 Å². The summed E-state index contributed by atoms with van der Waals surface area (Å²) >= 11 is 0. The highest BCUT2D eigenvalue weighted by Gasteiger charge is 2.47. The third-order valence-corrected chi connectivity index (χ3v) is 6.56. The molecule has 2 heterocycles. The summed E-state index contributed by atoms with van der Waals surface area (Å²) in [5.41, 5.74) is 0. The predicted molar refractivity (Wildman–Crippen MR) is 95.9 cm³/mol. The van der Waals surface area contributed by atoms with Gasteiger partial charge >= 0.3 is 12.1 Å². The Bertz CT molecular complexity index is 775. The van der Waals surface area contributed by atoms with E-state index in [1.54, 1.807) is 16.7 Å². The van der Waals surface area contributed by atoms with Gasteiger partial charge in [-0.15, -0.1) is 0 Å². The molecule has 2 fully saturated rings. The van der Waals surface area contributed by atoms with Crippen molar-refractivity contribution in [3.63, 3.8) is 0 Å². The zero-order valence-corrected chi connectivity index (χ0v) is 16.5. The average Bonchev–Trinajstić information content (AvgIpc) is 3.05. The van der Waals surface area contributed by atoms with E-state index in [4.69, 9.17) is 19.4 Å². The highest BCUT2D eigenvalue weighted by atomic mass is 32.2. The molecule has 2 aliphatic rings. The molecule has 3 rings (SSSR count). The molecule has 0 radical (unpaired) electrons. The zero-order valence-electron chi connectivity index (χ0n) is 15.7. The van der Waals surface area contributed by atoms with Crippen LogP contribution >= 0.6 is 0 Å². The number of rotatable bonds is 5. The van der Waals surface area contributed by atoms with Crippen molar-refractivity contribution in [1.82, 2.24) is 9.29 Å². The fourth-order valence-electron chi connectivity index (χ4n) is 3.32. The smallest absolute Gasteiger partial charge is 0.486 e. The number of halogens is 3. The van der Waals surface area contributed by atoms with Crippen LogP contribution in [0.1, 0.15) is 26.2 Å². The number of pyridine rings is 1. The zero-order chi connectivity index (χ0) is 21.7. The summed E-state index contributed by atoms with van der Waals surface area (Å²) in [5.74, 6) is -1.86. The predicted octanol–water partition coefficient (Wildman–Crippen LogP) is 2.07. The third-order valence-electron chi connectivity index (χ3n) is 4.47. The van der Waals surface area contributed by atoms with E-state index < -0.39 is 22.2 Å². The molecule has 0 unspecified atom stereocenters. The lowest BCUT2D eigenvalue weighted by Crippen LogP contribution is -2.54. The molecule has 1 aromatic rings. The quantitative estimate of drug-likeness (QED) is 0.747. The topological polar surface area (TPSA) is 106 Å². The van der Waals surface area contributed by atoms with Gasteiger partial charge in [0.2, 0.25) is 10.0 Å². The summed E-state index contributed by atoms with van der Waals surface area (Å²) in [6.07, 6.45) is 0.171. The summed E-state index contributed by atoms with van der Waals surface area (Å²) in [5, 5.41) is 7.12. The van der Waals surface area contributed by atoms with Crippen LogP contribution < -0.4 is 4.74 Å². The van der Waals surface area contributed by atoms with Gasteiger partial charge in [0.25, 0.3) is 0 Å². The first-order valence-electron chi connectivity index (χ1n) is 9.04. The highest BCUT2D eigenvalue weighted by Crippen LogP contribution is 2.34. The Morgan fingerprint density at radius 3 is 2.66 bits per heavy atom. The maximum absolute atomic E-state index is 12.4. The minimum Gasteiger partial charge on any atom is -0.486 e. The molecule has 8 nitrogen and oxygen atoms in total. The average molecular weight is 440 g/mol. The number of aromatic nitrogens is 1. The molecule has 29 heavy (non-hydrogen) atoms. The number of fused-ring (bicyclic) bond motifs is 1. The van der Waals surface area contributed by atoms with Crippen molar-refractivity contribution in [1.29, 1.82) is 0 Å². The largest absolute Gasteiger partial charge is 0.490 e. The first kappa shape index (κ1) is 23.4. The van der Waals surface area contributed by atoms with E-state index in [1.807, 2.05) is 19.1 Å². The second-order valence-corrected chi connectivity index (χ2v) is 8.60. The van der Waals surface area contributed by atoms with Gasteiger partial charge in [0.15, 0.2) is 0 Å². The SMILES string of the molecule is CCCS(=O)(=O)N1CCO[C@H]2[C@@H](Oc3cccnc3)CC[C@@H]21.O=C(O)C(F)(F)F. The van der Waals surface area contributed by atoms with Gasteiger partial charge < -0.3 is 14.6 Å². The first-order valence-corrected chi connectivity index (χ1v) is 10.6. The number of nitrogens with zero attached hydrogens (tertiary/aromatic N) is 2. The van der Waals surface area contributed by atoms with Gasteiger partial charge in [0.1, 0.15) is 18.0 Å². The first-order chi connectivity index (χ1) is 13.6. The Morgan fingerprint density at radius 2 is 2.10 bits per heavy atom. The Hall–Kier alpha value is -1.92. The molecule has 0 bridgehead atoms. The minimum absolute atomic E-state index is 0.105. The highest BCUT2D eigenvalue weighted by molar-refractivity contribution is 7.89. The lowest BCUT2D eigenvalue weighted by molar-refractivity contribution is -0.192. The van der Waals surface area contributed by atoms with E-state index in [2.05, 4.69) is 4.98 Å². The number of carbonyl (C=O) groups is 1. The fraction of sp³-hybridized carbons (Fsp3) is 0.647. The summed E-state index contributed by atoms with van der Waals surface area (Å²) in [6.45, 7) is 2.76. The molecule has 1 aromatic heterocycles. The summed E-state index contributed by atoms with van der Waals surface area (Å²) < 4.78 is 70.0. The van der Waals surface area contributed by atoms with Crippen LogP contribution in [0.15, 0.2) is 24.5 Å². The number of sulfonamides is 1. The molecule has 164 valence electrons. The normalized spacial score (nSPS) is 24.9. The Kier molecular flexibility index (Phi) is 7.83. The molecule has 1 aliphatic heterocycles. The van der Waals surface area contributed by atoms with Crippen molar-refractivity contribution in [2.24, 2.45) is 0 Å². The third kappa shape index (κ3) is 6.28. The minimum atomic E-state index is -5.08. The number of carboxylic acids is 1. The fourth-order valence-corrected chi connectivity index (χ4v) is 5.06. The van der Waals surface area contributed by atoms with Crippen molar-refractivity contribution < 1.29 is 41.0 Å². The number of aliphatic carboxylic acids is 1. The Labute approximate surface area is 166 Å². The van der Waals surface area contributed by atoms with E-state index in [0.717, 1.165) is 12.8 Å². The molecular weight excluding hydrogens is 417 g/mol. The van der Waals surface area contributed by atoms with E-state index in [0.29, 0.717) is 25.3 Å². The van der Waals surface area contributed by atoms with Gasteiger partial charge in [-0.3, -0.25) is 4.98 Å². The molecule has 1 aliphatic carbocycles. The van der Waals surface area contributed by atoms with Crippen LogP contribution in [0.4, 0.5) is 13.2 Å². The van der Waals surface area contributed by atoms with Crippen molar-refractivity contribution >= 4 is 16.0 Å². The monoisotopic (exact) mass is 440 g/mol. The van der Waals surface area contributed by atoms with Crippen LogP contribution in [0.5, 0.6) is 5.75 Å². The van der Waals surface area contributed by atoms with Crippen LogP contribution in [0.3, 0.4) is 0 Å². The van der Waals surface area contributed by atoms with Gasteiger partial charge in [-0.25, -0.2) is 13.2 Å². The molecule has 1 N–H and O–H groups in total. The summed E-state index contributed by atoms with van der Waals surface area (Å²) in [6, 6.07) is 3.57. The Balaban J connectivity index is 0.000000370. The number of hydrogen-bond acceptors (Lipinski definition) is 6. The molecule has 0 spiro atoms. The van der Waals surface area contributed by atoms with E-state index >= 15 is 0 Å². The maximum atomic E-state index is 12.4. The molecule has 1 saturated carbocycles. The number of hydrogen-bond donors (Lipinski definition) is 1. The molecule has 0 aromatic carbocycles. The van der Waals surface area contributed by atoms with Gasteiger partial charge in [0.05, 0.1) is 24.6 Å². The van der Waals surface area contributed by atoms with Crippen molar-refractivity contribution in [3.8, 4) is 5.75 Å². The molecule has 1 saturated heterocycles. The lowest BCUT2D eigenvalue weighted by atomic mass is 10.1. The van der Waals surface area contributed by atoms with E-state index in [9.17, 15) is 21.6 Å². The summed E-state index contributed by atoms with van der Waals surface area (Å²) in [7, 11) is -3.20. The van der Waals surface area contributed by atoms with E-state index in [1.165, 1.54) is 0 Å². The van der Waals surface area contributed by atoms with Gasteiger partial charge in [-0.05, 0) is 31.4 Å². The second kappa shape index (κ2) is 9.72. The van der Waals surface area contributed by atoms with Crippen molar-refractivity contribution in [3.05, 3.63) is 24.5 Å². The van der Waals surface area contributed by atoms with Crippen molar-refractivity contribution in [2.45, 2.75) is 50.6 Å². The Morgan fingerprint density at radius 1 is 1.41 bits per heavy atom. The lowest BCUT2D eigenvalue weighted by Gasteiger charge is -2.38.